The smallest absolute Gasteiger partial charge is 0.369 e. The van der Waals surface area contributed by atoms with Crippen LogP contribution < -0.4 is 10.6 Å². The Morgan fingerprint density at radius 1 is 1.37 bits per heavy atom. The van der Waals surface area contributed by atoms with Crippen LogP contribution >= 0.6 is 15.9 Å². The van der Waals surface area contributed by atoms with Crippen molar-refractivity contribution < 1.29 is 13.2 Å². The molecule has 2 N–H and O–H groups in total. The molecule has 19 heavy (non-hydrogen) atoms. The molecule has 6 heteroatoms. The van der Waals surface area contributed by atoms with E-state index in [1.165, 1.54) is 12.1 Å². The van der Waals surface area contributed by atoms with E-state index in [1.807, 2.05) is 6.92 Å². The second-order valence-electron chi connectivity index (χ2n) is 5.04. The van der Waals surface area contributed by atoms with Gasteiger partial charge in [0.05, 0.1) is 11.3 Å². The highest BCUT2D eigenvalue weighted by Gasteiger charge is 2.36. The van der Waals surface area contributed by atoms with E-state index in [2.05, 4.69) is 15.9 Å². The minimum absolute atomic E-state index is 0.0891. The Morgan fingerprint density at radius 3 is 2.63 bits per heavy atom. The number of halogens is 4. The summed E-state index contributed by atoms with van der Waals surface area (Å²) in [5.74, 6) is 0.345. The lowest BCUT2D eigenvalue weighted by Gasteiger charge is -2.37. The van der Waals surface area contributed by atoms with Crippen LogP contribution in [0.5, 0.6) is 0 Å². The maximum atomic E-state index is 13.0. The molecule has 1 aliphatic heterocycles. The van der Waals surface area contributed by atoms with E-state index in [0.717, 1.165) is 12.5 Å². The van der Waals surface area contributed by atoms with Crippen molar-refractivity contribution in [2.45, 2.75) is 25.6 Å². The number of benzene rings is 1. The lowest BCUT2D eigenvalue weighted by molar-refractivity contribution is -0.137. The zero-order valence-corrected chi connectivity index (χ0v) is 12.1. The minimum Gasteiger partial charge on any atom is -0.369 e. The number of alkyl halides is 3. The van der Waals surface area contributed by atoms with Crippen LogP contribution in [-0.2, 0) is 6.18 Å². The molecule has 0 radical (unpaired) electrons. The molecule has 0 amide bonds. The van der Waals surface area contributed by atoms with Crippen LogP contribution in [0.1, 0.15) is 18.9 Å². The van der Waals surface area contributed by atoms with Gasteiger partial charge in [0.15, 0.2) is 0 Å². The van der Waals surface area contributed by atoms with Crippen LogP contribution in [0.2, 0.25) is 0 Å². The predicted octanol–water partition coefficient (Wildman–Crippen LogP) is 3.64. The molecule has 106 valence electrons. The maximum absolute atomic E-state index is 13.0. The Hall–Kier alpha value is -0.750. The molecule has 2 rings (SSSR count). The maximum Gasteiger partial charge on any atom is 0.418 e. The summed E-state index contributed by atoms with van der Waals surface area (Å²) in [4.78, 5) is 1.73. The van der Waals surface area contributed by atoms with Gasteiger partial charge in [-0.25, -0.2) is 0 Å². The van der Waals surface area contributed by atoms with Gasteiger partial charge >= 0.3 is 6.18 Å². The summed E-state index contributed by atoms with van der Waals surface area (Å²) in [6.45, 7) is 3.10. The Labute approximate surface area is 118 Å². The van der Waals surface area contributed by atoms with E-state index in [9.17, 15) is 13.2 Å². The van der Waals surface area contributed by atoms with Crippen molar-refractivity contribution in [3.8, 4) is 0 Å². The molecule has 1 saturated heterocycles. The Kier molecular flexibility index (Phi) is 4.11. The molecule has 1 heterocycles. The largest absolute Gasteiger partial charge is 0.418 e. The minimum atomic E-state index is -4.34. The number of hydrogen-bond acceptors (Lipinski definition) is 2. The van der Waals surface area contributed by atoms with Crippen molar-refractivity contribution in [2.24, 2.45) is 11.7 Å². The van der Waals surface area contributed by atoms with Crippen molar-refractivity contribution >= 4 is 21.6 Å². The van der Waals surface area contributed by atoms with Gasteiger partial charge < -0.3 is 10.6 Å². The molecule has 1 fully saturated rings. The second kappa shape index (κ2) is 5.32. The van der Waals surface area contributed by atoms with Gasteiger partial charge in [0, 0.05) is 23.6 Å². The SMILES string of the molecule is CC1CCN(c2cc(Br)ccc2C(F)(F)F)CC1N. The van der Waals surface area contributed by atoms with Crippen molar-refractivity contribution in [3.05, 3.63) is 28.2 Å². The summed E-state index contributed by atoms with van der Waals surface area (Å²) < 4.78 is 39.7. The average molecular weight is 337 g/mol. The van der Waals surface area contributed by atoms with Gasteiger partial charge in [-0.3, -0.25) is 0 Å². The lowest BCUT2D eigenvalue weighted by atomic mass is 9.93. The molecule has 1 aromatic rings. The first-order valence-corrected chi connectivity index (χ1v) is 6.95. The third kappa shape index (κ3) is 3.23. The van der Waals surface area contributed by atoms with Crippen LogP contribution in [0, 0.1) is 5.92 Å². The van der Waals surface area contributed by atoms with Gasteiger partial charge in [0.1, 0.15) is 0 Å². The summed E-state index contributed by atoms with van der Waals surface area (Å²) in [5.41, 5.74) is 5.58. The molecule has 0 aromatic heterocycles. The van der Waals surface area contributed by atoms with Gasteiger partial charge in [0.2, 0.25) is 0 Å². The first-order valence-electron chi connectivity index (χ1n) is 6.16. The van der Waals surface area contributed by atoms with Crippen LogP contribution in [-0.4, -0.2) is 19.1 Å². The van der Waals surface area contributed by atoms with Crippen LogP contribution in [0.3, 0.4) is 0 Å². The molecule has 0 aliphatic carbocycles. The highest BCUT2D eigenvalue weighted by atomic mass is 79.9. The Balaban J connectivity index is 2.36. The number of nitrogens with two attached hydrogens (primary N) is 1. The van der Waals surface area contributed by atoms with E-state index < -0.39 is 11.7 Å². The summed E-state index contributed by atoms with van der Waals surface area (Å²) >= 11 is 3.23. The standard InChI is InChI=1S/C13H16BrF3N2/c1-8-4-5-19(7-11(8)18)12-6-9(14)2-3-10(12)13(15,16)17/h2-3,6,8,11H,4-5,7,18H2,1H3. The van der Waals surface area contributed by atoms with E-state index in [4.69, 9.17) is 5.73 Å². The predicted molar refractivity (Wildman–Crippen MR) is 73.1 cm³/mol. The topological polar surface area (TPSA) is 29.3 Å². The molecule has 1 aromatic carbocycles. The highest BCUT2D eigenvalue weighted by Crippen LogP contribution is 2.39. The second-order valence-corrected chi connectivity index (χ2v) is 5.95. The van der Waals surface area contributed by atoms with Gasteiger partial charge in [-0.1, -0.05) is 22.9 Å². The van der Waals surface area contributed by atoms with Crippen molar-refractivity contribution in [1.82, 2.24) is 0 Å². The quantitative estimate of drug-likeness (QED) is 0.848. The van der Waals surface area contributed by atoms with Gasteiger partial charge in [0.25, 0.3) is 0 Å². The molecule has 1 aliphatic rings. The van der Waals surface area contributed by atoms with Crippen molar-refractivity contribution in [2.75, 3.05) is 18.0 Å². The van der Waals surface area contributed by atoms with E-state index in [-0.39, 0.29) is 11.7 Å². The van der Waals surface area contributed by atoms with Gasteiger partial charge in [-0.15, -0.1) is 0 Å². The summed E-state index contributed by atoms with van der Waals surface area (Å²) in [6, 6.07) is 3.96. The molecule has 0 spiro atoms. The van der Waals surface area contributed by atoms with Crippen molar-refractivity contribution in [3.63, 3.8) is 0 Å². The summed E-state index contributed by atoms with van der Waals surface area (Å²) in [7, 11) is 0. The van der Waals surface area contributed by atoms with Gasteiger partial charge in [-0.05, 0) is 30.5 Å². The monoisotopic (exact) mass is 336 g/mol. The van der Waals surface area contributed by atoms with Crippen LogP contribution in [0.15, 0.2) is 22.7 Å². The normalized spacial score (nSPS) is 24.6. The molecule has 2 nitrogen and oxygen atoms in total. The fourth-order valence-electron chi connectivity index (χ4n) is 2.32. The number of rotatable bonds is 1. The number of hydrogen-bond donors (Lipinski definition) is 1. The zero-order chi connectivity index (χ0) is 14.2. The van der Waals surface area contributed by atoms with E-state index in [0.29, 0.717) is 23.5 Å². The third-order valence-electron chi connectivity index (χ3n) is 3.62. The average Bonchev–Trinajstić information content (AvgIpc) is 2.31. The lowest BCUT2D eigenvalue weighted by Crippen LogP contribution is -2.48. The van der Waals surface area contributed by atoms with Gasteiger partial charge in [-0.2, -0.15) is 13.2 Å². The summed E-state index contributed by atoms with van der Waals surface area (Å²) in [5, 5.41) is 0. The highest BCUT2D eigenvalue weighted by molar-refractivity contribution is 9.10. The first kappa shape index (κ1) is 14.7. The first-order chi connectivity index (χ1) is 8.79. The van der Waals surface area contributed by atoms with Crippen molar-refractivity contribution in [1.29, 1.82) is 0 Å². The molecular formula is C13H16BrF3N2. The fraction of sp³-hybridized carbons (Fsp3) is 0.538. The van der Waals surface area contributed by atoms with E-state index >= 15 is 0 Å². The Bertz CT molecular complexity index is 462. The summed E-state index contributed by atoms with van der Waals surface area (Å²) in [6.07, 6.45) is -3.53. The third-order valence-corrected chi connectivity index (χ3v) is 4.12. The van der Waals surface area contributed by atoms with Crippen LogP contribution in [0.4, 0.5) is 18.9 Å². The molecular weight excluding hydrogens is 321 g/mol. The van der Waals surface area contributed by atoms with E-state index in [1.54, 1.807) is 4.90 Å². The number of nitrogens with zero attached hydrogens (tertiary/aromatic N) is 1. The molecule has 0 saturated carbocycles. The van der Waals surface area contributed by atoms with Crippen LogP contribution in [0.25, 0.3) is 0 Å². The molecule has 2 unspecified atom stereocenters. The Morgan fingerprint density at radius 2 is 2.05 bits per heavy atom. The number of piperidine rings is 1. The molecule has 2 atom stereocenters. The number of anilines is 1. The molecule has 0 bridgehead atoms. The fourth-order valence-corrected chi connectivity index (χ4v) is 2.67. The zero-order valence-electron chi connectivity index (χ0n) is 10.5.